The van der Waals surface area contributed by atoms with Crippen molar-refractivity contribution in [3.63, 3.8) is 0 Å². The van der Waals surface area contributed by atoms with Crippen molar-refractivity contribution in [2.75, 3.05) is 12.0 Å². The van der Waals surface area contributed by atoms with Gasteiger partial charge in [-0.3, -0.25) is 4.79 Å². The first-order valence-electron chi connectivity index (χ1n) is 7.94. The first kappa shape index (κ1) is 19.6. The molecule has 25 heavy (non-hydrogen) atoms. The Morgan fingerprint density at radius 2 is 1.96 bits per heavy atom. The minimum atomic E-state index is -3.14. The van der Waals surface area contributed by atoms with Gasteiger partial charge in [0.25, 0.3) is 0 Å². The topological polar surface area (TPSA) is 102 Å². The summed E-state index contributed by atoms with van der Waals surface area (Å²) in [6.07, 6.45) is 1.24. The summed E-state index contributed by atoms with van der Waals surface area (Å²) in [6, 6.07) is 8.76. The van der Waals surface area contributed by atoms with E-state index in [4.69, 9.17) is 5.73 Å². The van der Waals surface area contributed by atoms with Gasteiger partial charge in [0.15, 0.2) is 0 Å². The Hall–Kier alpha value is -1.77. The Morgan fingerprint density at radius 3 is 2.56 bits per heavy atom. The van der Waals surface area contributed by atoms with Gasteiger partial charge in [0.2, 0.25) is 5.91 Å². The predicted octanol–water partition coefficient (Wildman–Crippen LogP) is 2.06. The van der Waals surface area contributed by atoms with Crippen molar-refractivity contribution < 1.29 is 13.2 Å². The summed E-state index contributed by atoms with van der Waals surface area (Å²) >= 11 is 1.53. The molecular weight excluding hydrogens is 358 g/mol. The smallest absolute Gasteiger partial charge is 0.237 e. The van der Waals surface area contributed by atoms with Gasteiger partial charge in [-0.2, -0.15) is 0 Å². The number of hydrogen-bond acceptors (Lipinski definition) is 6. The number of nitrogens with one attached hydrogen (secondary N) is 1. The molecule has 2 unspecified atom stereocenters. The molecule has 2 aromatic rings. The van der Waals surface area contributed by atoms with Crippen molar-refractivity contribution >= 4 is 27.1 Å². The van der Waals surface area contributed by atoms with Gasteiger partial charge in [-0.05, 0) is 20.3 Å². The second-order valence-electron chi connectivity index (χ2n) is 6.09. The van der Waals surface area contributed by atoms with Gasteiger partial charge in [-0.15, -0.1) is 11.3 Å². The van der Waals surface area contributed by atoms with Gasteiger partial charge in [0, 0.05) is 11.8 Å². The van der Waals surface area contributed by atoms with Crippen molar-refractivity contribution in [1.29, 1.82) is 0 Å². The van der Waals surface area contributed by atoms with Crippen LogP contribution in [0.3, 0.4) is 0 Å². The molecule has 2 rings (SSSR count). The third kappa shape index (κ3) is 5.62. The zero-order valence-corrected chi connectivity index (χ0v) is 16.2. The molecule has 1 aromatic heterocycles. The molecule has 0 saturated heterocycles. The summed E-state index contributed by atoms with van der Waals surface area (Å²) < 4.78 is 22.4. The number of nitrogens with zero attached hydrogens (tertiary/aromatic N) is 1. The molecule has 1 amide bonds. The third-order valence-corrected chi connectivity index (χ3v) is 6.11. The van der Waals surface area contributed by atoms with E-state index in [0.717, 1.165) is 27.4 Å². The minimum Gasteiger partial charge on any atom is -0.347 e. The van der Waals surface area contributed by atoms with E-state index in [1.54, 1.807) is 0 Å². The third-order valence-electron chi connectivity index (χ3n) is 3.74. The molecular formula is C17H23N3O3S2. The number of amides is 1. The van der Waals surface area contributed by atoms with Crippen LogP contribution < -0.4 is 11.1 Å². The van der Waals surface area contributed by atoms with Crippen LogP contribution in [0.25, 0.3) is 10.6 Å². The molecule has 0 saturated carbocycles. The fourth-order valence-electron chi connectivity index (χ4n) is 2.37. The van der Waals surface area contributed by atoms with Crippen molar-refractivity contribution in [3.8, 4) is 10.6 Å². The maximum Gasteiger partial charge on any atom is 0.237 e. The van der Waals surface area contributed by atoms with Gasteiger partial charge < -0.3 is 11.1 Å². The van der Waals surface area contributed by atoms with Crippen LogP contribution in [0.5, 0.6) is 0 Å². The molecule has 8 heteroatoms. The Balaban J connectivity index is 2.04. The Kier molecular flexibility index (Phi) is 6.31. The number of carbonyl (C=O) groups excluding carboxylic acids is 1. The fraction of sp³-hybridized carbons (Fsp3) is 0.412. The summed E-state index contributed by atoms with van der Waals surface area (Å²) in [6.45, 7) is 3.78. The number of thiazole rings is 1. The SMILES string of the molecule is Cc1nc(-c2ccccc2)sc1C(C)NC(=O)C(N)CCS(C)(=O)=O. The number of rotatable bonds is 7. The lowest BCUT2D eigenvalue weighted by Gasteiger charge is -2.16. The molecule has 0 aliphatic carbocycles. The highest BCUT2D eigenvalue weighted by Crippen LogP contribution is 2.31. The highest BCUT2D eigenvalue weighted by Gasteiger charge is 2.21. The van der Waals surface area contributed by atoms with E-state index in [9.17, 15) is 13.2 Å². The molecule has 0 bridgehead atoms. The fourth-order valence-corrected chi connectivity index (χ4v) is 4.13. The minimum absolute atomic E-state index is 0.103. The van der Waals surface area contributed by atoms with Crippen molar-refractivity contribution in [3.05, 3.63) is 40.9 Å². The number of nitrogens with two attached hydrogens (primary N) is 1. The standard InChI is InChI=1S/C17H23N3O3S2/c1-11(19-16(21)14(18)9-10-25(3,22)23)15-12(2)20-17(24-15)13-7-5-4-6-8-13/h4-8,11,14H,9-10,18H2,1-3H3,(H,19,21). The molecule has 0 spiro atoms. The number of hydrogen-bond donors (Lipinski definition) is 2. The van der Waals surface area contributed by atoms with Gasteiger partial charge in [0.05, 0.1) is 28.4 Å². The van der Waals surface area contributed by atoms with E-state index >= 15 is 0 Å². The highest BCUT2D eigenvalue weighted by molar-refractivity contribution is 7.90. The van der Waals surface area contributed by atoms with E-state index < -0.39 is 15.9 Å². The average Bonchev–Trinajstić information content (AvgIpc) is 2.94. The summed E-state index contributed by atoms with van der Waals surface area (Å²) in [5, 5.41) is 3.75. The second-order valence-corrected chi connectivity index (χ2v) is 9.38. The number of carbonyl (C=O) groups is 1. The summed E-state index contributed by atoms with van der Waals surface area (Å²) in [5.41, 5.74) is 7.69. The van der Waals surface area contributed by atoms with Gasteiger partial charge in [-0.1, -0.05) is 30.3 Å². The summed E-state index contributed by atoms with van der Waals surface area (Å²) in [7, 11) is -3.14. The number of benzene rings is 1. The van der Waals surface area contributed by atoms with Crippen LogP contribution in [0, 0.1) is 6.92 Å². The molecule has 1 aromatic carbocycles. The lowest BCUT2D eigenvalue weighted by Crippen LogP contribution is -2.42. The maximum absolute atomic E-state index is 12.2. The first-order valence-corrected chi connectivity index (χ1v) is 10.8. The molecule has 0 radical (unpaired) electrons. The number of aryl methyl sites for hydroxylation is 1. The zero-order chi connectivity index (χ0) is 18.6. The second kappa shape index (κ2) is 8.07. The van der Waals surface area contributed by atoms with Crippen molar-refractivity contribution in [2.45, 2.75) is 32.4 Å². The largest absolute Gasteiger partial charge is 0.347 e. The zero-order valence-electron chi connectivity index (χ0n) is 14.5. The van der Waals surface area contributed by atoms with Crippen LogP contribution in [0.1, 0.15) is 30.0 Å². The van der Waals surface area contributed by atoms with E-state index in [0.29, 0.717) is 0 Å². The number of sulfone groups is 1. The van der Waals surface area contributed by atoms with Crippen LogP contribution in [-0.4, -0.2) is 37.4 Å². The number of aromatic nitrogens is 1. The summed E-state index contributed by atoms with van der Waals surface area (Å²) in [4.78, 5) is 17.7. The van der Waals surface area contributed by atoms with Crippen LogP contribution in [0.15, 0.2) is 30.3 Å². The van der Waals surface area contributed by atoms with Gasteiger partial charge in [-0.25, -0.2) is 13.4 Å². The lowest BCUT2D eigenvalue weighted by molar-refractivity contribution is -0.123. The van der Waals surface area contributed by atoms with E-state index in [1.807, 2.05) is 44.2 Å². The lowest BCUT2D eigenvalue weighted by atomic mass is 10.2. The van der Waals surface area contributed by atoms with E-state index in [-0.39, 0.29) is 24.1 Å². The molecule has 0 aliphatic heterocycles. The van der Waals surface area contributed by atoms with Gasteiger partial charge in [0.1, 0.15) is 14.8 Å². The Morgan fingerprint density at radius 1 is 1.32 bits per heavy atom. The molecule has 0 fully saturated rings. The molecule has 0 aliphatic rings. The van der Waals surface area contributed by atoms with E-state index in [1.165, 1.54) is 11.3 Å². The van der Waals surface area contributed by atoms with E-state index in [2.05, 4.69) is 10.3 Å². The quantitative estimate of drug-likeness (QED) is 0.764. The first-order chi connectivity index (χ1) is 11.7. The molecule has 6 nitrogen and oxygen atoms in total. The van der Waals surface area contributed by atoms with Crippen LogP contribution in [-0.2, 0) is 14.6 Å². The van der Waals surface area contributed by atoms with Crippen molar-refractivity contribution in [1.82, 2.24) is 10.3 Å². The van der Waals surface area contributed by atoms with Gasteiger partial charge >= 0.3 is 0 Å². The van der Waals surface area contributed by atoms with Crippen LogP contribution >= 0.6 is 11.3 Å². The molecule has 3 N–H and O–H groups in total. The Labute approximate surface area is 152 Å². The molecule has 1 heterocycles. The Bertz CT molecular complexity index is 832. The normalized spacial score (nSPS) is 14.1. The van der Waals surface area contributed by atoms with Crippen molar-refractivity contribution in [2.24, 2.45) is 5.73 Å². The predicted molar refractivity (Wildman–Crippen MR) is 101 cm³/mol. The monoisotopic (exact) mass is 381 g/mol. The highest BCUT2D eigenvalue weighted by atomic mass is 32.2. The average molecular weight is 382 g/mol. The van der Waals surface area contributed by atoms with Crippen LogP contribution in [0.2, 0.25) is 0 Å². The summed E-state index contributed by atoms with van der Waals surface area (Å²) in [5.74, 6) is -0.460. The molecule has 136 valence electrons. The molecule has 2 atom stereocenters. The van der Waals surface area contributed by atoms with Crippen LogP contribution in [0.4, 0.5) is 0 Å². The maximum atomic E-state index is 12.2.